The standard InChI is InChI=1S/C16H20N2O/c1-2-18(11-13-5-3-7-15(17)9-13)12-14-6-4-8-16(19)10-14/h3-10,19H,2,11-12,17H2,1H3. The normalized spacial score (nSPS) is 10.8. The molecular weight excluding hydrogens is 236 g/mol. The number of benzene rings is 2. The Morgan fingerprint density at radius 3 is 2.21 bits per heavy atom. The van der Waals surface area contributed by atoms with E-state index < -0.39 is 0 Å². The van der Waals surface area contributed by atoms with E-state index >= 15 is 0 Å². The Morgan fingerprint density at radius 2 is 1.63 bits per heavy atom. The molecule has 0 radical (unpaired) electrons. The molecule has 0 saturated heterocycles. The molecule has 0 aliphatic carbocycles. The van der Waals surface area contributed by atoms with Crippen LogP contribution in [0.2, 0.25) is 0 Å². The van der Waals surface area contributed by atoms with Gasteiger partial charge in [0.15, 0.2) is 0 Å². The Labute approximate surface area is 114 Å². The number of rotatable bonds is 5. The quantitative estimate of drug-likeness (QED) is 0.808. The SMILES string of the molecule is CCN(Cc1cccc(N)c1)Cc1cccc(O)c1. The fourth-order valence-electron chi connectivity index (χ4n) is 2.14. The van der Waals surface area contributed by atoms with Crippen LogP contribution in [0.15, 0.2) is 48.5 Å². The van der Waals surface area contributed by atoms with Gasteiger partial charge in [-0.15, -0.1) is 0 Å². The number of nitrogens with zero attached hydrogens (tertiary/aromatic N) is 1. The van der Waals surface area contributed by atoms with Crippen molar-refractivity contribution in [1.82, 2.24) is 4.90 Å². The number of phenols is 1. The van der Waals surface area contributed by atoms with Crippen LogP contribution in [0, 0.1) is 0 Å². The Balaban J connectivity index is 2.04. The van der Waals surface area contributed by atoms with Crippen molar-refractivity contribution in [3.05, 3.63) is 59.7 Å². The average molecular weight is 256 g/mol. The highest BCUT2D eigenvalue weighted by Crippen LogP contribution is 2.15. The molecule has 0 heterocycles. The summed E-state index contributed by atoms with van der Waals surface area (Å²) in [6.45, 7) is 4.76. The van der Waals surface area contributed by atoms with Crippen molar-refractivity contribution in [3.63, 3.8) is 0 Å². The Hall–Kier alpha value is -2.00. The van der Waals surface area contributed by atoms with Gasteiger partial charge in [0.1, 0.15) is 5.75 Å². The molecule has 0 aromatic heterocycles. The van der Waals surface area contributed by atoms with E-state index in [4.69, 9.17) is 5.73 Å². The maximum Gasteiger partial charge on any atom is 0.115 e. The summed E-state index contributed by atoms with van der Waals surface area (Å²) < 4.78 is 0. The summed E-state index contributed by atoms with van der Waals surface area (Å²) in [6, 6.07) is 15.4. The predicted octanol–water partition coefficient (Wildman–Crippen LogP) is 3.00. The molecule has 3 nitrogen and oxygen atoms in total. The van der Waals surface area contributed by atoms with Crippen LogP contribution in [-0.4, -0.2) is 16.6 Å². The molecule has 19 heavy (non-hydrogen) atoms. The molecule has 0 aliphatic rings. The summed E-state index contributed by atoms with van der Waals surface area (Å²) in [5.74, 6) is 0.317. The summed E-state index contributed by atoms with van der Waals surface area (Å²) in [4.78, 5) is 2.31. The molecule has 2 aromatic rings. The van der Waals surface area contributed by atoms with E-state index in [1.807, 2.05) is 36.4 Å². The molecule has 0 saturated carbocycles. The van der Waals surface area contributed by atoms with Crippen LogP contribution in [0.4, 0.5) is 5.69 Å². The number of hydrogen-bond donors (Lipinski definition) is 2. The first-order valence-electron chi connectivity index (χ1n) is 6.52. The second-order valence-corrected chi connectivity index (χ2v) is 4.72. The van der Waals surface area contributed by atoms with E-state index in [9.17, 15) is 5.11 Å². The molecule has 0 amide bonds. The minimum absolute atomic E-state index is 0.317. The van der Waals surface area contributed by atoms with Crippen LogP contribution in [0.5, 0.6) is 5.75 Å². The molecule has 0 fully saturated rings. The van der Waals surface area contributed by atoms with Crippen molar-refractivity contribution < 1.29 is 5.11 Å². The fraction of sp³-hybridized carbons (Fsp3) is 0.250. The summed E-state index contributed by atoms with van der Waals surface area (Å²) in [5.41, 5.74) is 8.92. The highest BCUT2D eigenvalue weighted by atomic mass is 16.3. The predicted molar refractivity (Wildman–Crippen MR) is 78.7 cm³/mol. The highest BCUT2D eigenvalue weighted by molar-refractivity contribution is 5.40. The molecule has 3 heteroatoms. The van der Waals surface area contributed by atoms with Gasteiger partial charge in [0, 0.05) is 18.8 Å². The van der Waals surface area contributed by atoms with Crippen molar-refractivity contribution in [3.8, 4) is 5.75 Å². The maximum atomic E-state index is 9.49. The van der Waals surface area contributed by atoms with Gasteiger partial charge in [-0.05, 0) is 41.9 Å². The van der Waals surface area contributed by atoms with Gasteiger partial charge in [-0.2, -0.15) is 0 Å². The summed E-state index contributed by atoms with van der Waals surface area (Å²) in [6.07, 6.45) is 0. The number of anilines is 1. The van der Waals surface area contributed by atoms with Gasteiger partial charge in [-0.1, -0.05) is 31.2 Å². The minimum Gasteiger partial charge on any atom is -0.508 e. The zero-order valence-corrected chi connectivity index (χ0v) is 11.2. The smallest absolute Gasteiger partial charge is 0.115 e. The van der Waals surface area contributed by atoms with Gasteiger partial charge in [0.05, 0.1) is 0 Å². The first-order valence-corrected chi connectivity index (χ1v) is 6.52. The molecular formula is C16H20N2O. The third-order valence-electron chi connectivity index (χ3n) is 3.12. The van der Waals surface area contributed by atoms with Gasteiger partial charge in [0.25, 0.3) is 0 Å². The van der Waals surface area contributed by atoms with E-state index in [-0.39, 0.29) is 0 Å². The summed E-state index contributed by atoms with van der Waals surface area (Å²) in [7, 11) is 0. The number of aromatic hydroxyl groups is 1. The van der Waals surface area contributed by atoms with Crippen molar-refractivity contribution in [2.24, 2.45) is 0 Å². The van der Waals surface area contributed by atoms with E-state index in [0.29, 0.717) is 5.75 Å². The first kappa shape index (κ1) is 13.4. The zero-order chi connectivity index (χ0) is 13.7. The van der Waals surface area contributed by atoms with Gasteiger partial charge >= 0.3 is 0 Å². The monoisotopic (exact) mass is 256 g/mol. The Kier molecular flexibility index (Phi) is 4.42. The maximum absolute atomic E-state index is 9.49. The molecule has 0 atom stereocenters. The van der Waals surface area contributed by atoms with Crippen LogP contribution >= 0.6 is 0 Å². The van der Waals surface area contributed by atoms with Crippen molar-refractivity contribution >= 4 is 5.69 Å². The van der Waals surface area contributed by atoms with Crippen LogP contribution < -0.4 is 5.73 Å². The molecule has 0 spiro atoms. The third kappa shape index (κ3) is 4.00. The van der Waals surface area contributed by atoms with E-state index in [0.717, 1.165) is 30.9 Å². The molecule has 0 aliphatic heterocycles. The lowest BCUT2D eigenvalue weighted by Crippen LogP contribution is -2.22. The van der Waals surface area contributed by atoms with Crippen LogP contribution in [0.25, 0.3) is 0 Å². The largest absolute Gasteiger partial charge is 0.508 e. The number of hydrogen-bond acceptors (Lipinski definition) is 3. The second-order valence-electron chi connectivity index (χ2n) is 4.72. The molecule has 0 unspecified atom stereocenters. The highest BCUT2D eigenvalue weighted by Gasteiger charge is 2.05. The molecule has 0 bridgehead atoms. The van der Waals surface area contributed by atoms with Crippen LogP contribution in [0.3, 0.4) is 0 Å². The van der Waals surface area contributed by atoms with E-state index in [1.165, 1.54) is 5.56 Å². The van der Waals surface area contributed by atoms with E-state index in [1.54, 1.807) is 6.07 Å². The molecule has 2 aromatic carbocycles. The van der Waals surface area contributed by atoms with Crippen LogP contribution in [0.1, 0.15) is 18.1 Å². The van der Waals surface area contributed by atoms with Gasteiger partial charge in [-0.3, -0.25) is 4.90 Å². The second kappa shape index (κ2) is 6.25. The first-order chi connectivity index (χ1) is 9.17. The lowest BCUT2D eigenvalue weighted by Gasteiger charge is -2.20. The average Bonchev–Trinajstić information content (AvgIpc) is 2.38. The van der Waals surface area contributed by atoms with Crippen molar-refractivity contribution in [2.45, 2.75) is 20.0 Å². The Morgan fingerprint density at radius 1 is 1.00 bits per heavy atom. The number of nitrogen functional groups attached to an aromatic ring is 1. The van der Waals surface area contributed by atoms with Gasteiger partial charge in [0.2, 0.25) is 0 Å². The van der Waals surface area contributed by atoms with Crippen LogP contribution in [-0.2, 0) is 13.1 Å². The Bertz CT molecular complexity index is 492. The number of nitrogens with two attached hydrogens (primary N) is 1. The molecule has 2 rings (SSSR count). The molecule has 3 N–H and O–H groups in total. The molecule has 100 valence electrons. The topological polar surface area (TPSA) is 49.5 Å². The zero-order valence-electron chi connectivity index (χ0n) is 11.2. The van der Waals surface area contributed by atoms with E-state index in [2.05, 4.69) is 17.9 Å². The van der Waals surface area contributed by atoms with Gasteiger partial charge in [-0.25, -0.2) is 0 Å². The van der Waals surface area contributed by atoms with Crippen molar-refractivity contribution in [2.75, 3.05) is 12.3 Å². The number of phenolic OH excluding ortho intramolecular Hbond substituents is 1. The minimum atomic E-state index is 0.317. The van der Waals surface area contributed by atoms with Gasteiger partial charge < -0.3 is 10.8 Å². The third-order valence-corrected chi connectivity index (χ3v) is 3.12. The lowest BCUT2D eigenvalue weighted by molar-refractivity contribution is 0.271. The summed E-state index contributed by atoms with van der Waals surface area (Å²) >= 11 is 0. The van der Waals surface area contributed by atoms with Crippen molar-refractivity contribution in [1.29, 1.82) is 0 Å². The summed E-state index contributed by atoms with van der Waals surface area (Å²) in [5, 5.41) is 9.49. The lowest BCUT2D eigenvalue weighted by atomic mass is 10.1. The fourth-order valence-corrected chi connectivity index (χ4v) is 2.14.